The minimum atomic E-state index is -0.495. The average Bonchev–Trinajstić information content (AvgIpc) is 3.12. The molecule has 0 atom stereocenters. The van der Waals surface area contributed by atoms with E-state index in [0.717, 1.165) is 11.4 Å². The Balaban J connectivity index is 1.81. The van der Waals surface area contributed by atoms with Crippen molar-refractivity contribution in [3.05, 3.63) is 71.7 Å². The maximum atomic E-state index is 12.3. The van der Waals surface area contributed by atoms with Gasteiger partial charge in [-0.25, -0.2) is 9.78 Å². The third-order valence-electron chi connectivity index (χ3n) is 3.30. The minimum Gasteiger partial charge on any atom is -0.461 e. The second-order valence-corrected chi connectivity index (χ2v) is 6.21. The number of nitrogens with zero attached hydrogens (tertiary/aromatic N) is 2. The molecule has 3 rings (SSSR count). The number of hydrazone groups is 1. The van der Waals surface area contributed by atoms with E-state index >= 15 is 0 Å². The molecule has 7 heteroatoms. The van der Waals surface area contributed by atoms with Crippen molar-refractivity contribution >= 4 is 39.5 Å². The number of carbonyl (C=O) groups is 1. The van der Waals surface area contributed by atoms with Crippen LogP contribution in [0.3, 0.4) is 0 Å². The van der Waals surface area contributed by atoms with Crippen molar-refractivity contribution in [2.24, 2.45) is 5.10 Å². The third kappa shape index (κ3) is 4.67. The molecule has 1 heterocycles. The maximum Gasteiger partial charge on any atom is 0.360 e. The zero-order valence-corrected chi connectivity index (χ0v) is 15.0. The molecule has 0 aliphatic heterocycles. The fourth-order valence-corrected chi connectivity index (χ4v) is 2.93. The molecule has 6 nitrogen and oxygen atoms in total. The zero-order valence-electron chi connectivity index (χ0n) is 14.2. The van der Waals surface area contributed by atoms with Crippen LogP contribution in [0.1, 0.15) is 11.8 Å². The number of carbonyl (C=O) groups excluding carboxylic acids is 1. The highest BCUT2D eigenvalue weighted by atomic mass is 32.1. The Morgan fingerprint density at radius 1 is 1.08 bits per heavy atom. The van der Waals surface area contributed by atoms with Gasteiger partial charge in [-0.2, -0.15) is 5.10 Å². The smallest absolute Gasteiger partial charge is 0.360 e. The summed E-state index contributed by atoms with van der Waals surface area (Å²) >= 11 is 1.33. The van der Waals surface area contributed by atoms with Gasteiger partial charge in [0.1, 0.15) is 0 Å². The summed E-state index contributed by atoms with van der Waals surface area (Å²) in [7, 11) is 0. The molecule has 132 valence electrons. The first kappa shape index (κ1) is 17.6. The molecule has 3 aromatic rings. The predicted molar refractivity (Wildman–Crippen MR) is 105 cm³/mol. The van der Waals surface area contributed by atoms with E-state index in [9.17, 15) is 4.79 Å². The molecule has 0 fully saturated rings. The van der Waals surface area contributed by atoms with Crippen LogP contribution in [0.25, 0.3) is 0 Å². The summed E-state index contributed by atoms with van der Waals surface area (Å²) in [6.07, 6.45) is 1.61. The van der Waals surface area contributed by atoms with E-state index in [4.69, 9.17) is 4.74 Å². The Bertz CT molecular complexity index is 879. The molecule has 0 spiro atoms. The Labute approximate surface area is 155 Å². The highest BCUT2D eigenvalue weighted by Gasteiger charge is 2.19. The van der Waals surface area contributed by atoms with Crippen LogP contribution in [0.15, 0.2) is 72.0 Å². The van der Waals surface area contributed by atoms with Crippen molar-refractivity contribution in [1.82, 2.24) is 4.98 Å². The van der Waals surface area contributed by atoms with Gasteiger partial charge in [0.15, 0.2) is 10.8 Å². The van der Waals surface area contributed by atoms with Crippen molar-refractivity contribution in [3.63, 3.8) is 0 Å². The second kappa shape index (κ2) is 8.77. The molecule has 2 N–H and O–H groups in total. The third-order valence-corrected chi connectivity index (χ3v) is 4.22. The number of ether oxygens (including phenoxy) is 1. The van der Waals surface area contributed by atoms with Crippen molar-refractivity contribution in [1.29, 1.82) is 0 Å². The zero-order chi connectivity index (χ0) is 18.2. The quantitative estimate of drug-likeness (QED) is 0.371. The van der Waals surface area contributed by atoms with Crippen LogP contribution in [0.5, 0.6) is 0 Å². The molecule has 0 radical (unpaired) electrons. The molecule has 0 aliphatic rings. The number of esters is 1. The second-order valence-electron chi connectivity index (χ2n) is 5.18. The lowest BCUT2D eigenvalue weighted by Gasteiger charge is -2.05. The van der Waals surface area contributed by atoms with Gasteiger partial charge >= 0.3 is 5.97 Å². The monoisotopic (exact) mass is 366 g/mol. The van der Waals surface area contributed by atoms with E-state index in [1.165, 1.54) is 11.3 Å². The minimum absolute atomic E-state index is 0.189. The van der Waals surface area contributed by atoms with Crippen LogP contribution in [0, 0.1) is 0 Å². The first-order chi connectivity index (χ1) is 12.8. The van der Waals surface area contributed by atoms with Gasteiger partial charge in [0.25, 0.3) is 0 Å². The van der Waals surface area contributed by atoms with E-state index in [-0.39, 0.29) is 12.3 Å². The molecule has 0 saturated carbocycles. The molecule has 0 unspecified atom stereocenters. The van der Waals surface area contributed by atoms with Gasteiger partial charge in [-0.3, -0.25) is 5.43 Å². The van der Waals surface area contributed by atoms with Gasteiger partial charge in [-0.15, -0.1) is 0 Å². The maximum absolute atomic E-state index is 12.3. The van der Waals surface area contributed by atoms with Crippen molar-refractivity contribution in [2.45, 2.75) is 6.92 Å². The largest absolute Gasteiger partial charge is 0.461 e. The number of aromatic nitrogens is 1. The summed E-state index contributed by atoms with van der Waals surface area (Å²) in [6, 6.07) is 19.1. The number of benzene rings is 2. The van der Waals surface area contributed by atoms with Crippen LogP contribution in [0.2, 0.25) is 0 Å². The van der Waals surface area contributed by atoms with E-state index in [0.29, 0.717) is 10.0 Å². The topological polar surface area (TPSA) is 75.6 Å². The van der Waals surface area contributed by atoms with Crippen molar-refractivity contribution in [2.75, 3.05) is 17.3 Å². The summed E-state index contributed by atoms with van der Waals surface area (Å²) in [5.41, 5.74) is 4.78. The number of anilines is 3. The van der Waals surface area contributed by atoms with Crippen LogP contribution in [-0.2, 0) is 9.53 Å². The lowest BCUT2D eigenvalue weighted by atomic mass is 10.3. The number of rotatable bonds is 7. The number of hydrogen-bond donors (Lipinski definition) is 2. The molecule has 26 heavy (non-hydrogen) atoms. The Morgan fingerprint density at radius 2 is 1.73 bits per heavy atom. The fourth-order valence-electron chi connectivity index (χ4n) is 2.12. The van der Waals surface area contributed by atoms with Crippen LogP contribution in [0.4, 0.5) is 16.5 Å². The lowest BCUT2D eigenvalue weighted by Crippen LogP contribution is -2.19. The summed E-state index contributed by atoms with van der Waals surface area (Å²) in [4.78, 5) is 17.2. The summed E-state index contributed by atoms with van der Waals surface area (Å²) in [5.74, 6) is -0.495. The first-order valence-electron chi connectivity index (χ1n) is 8.10. The summed E-state index contributed by atoms with van der Waals surface area (Å²) < 4.78 is 5.12. The van der Waals surface area contributed by atoms with Crippen LogP contribution < -0.4 is 10.7 Å². The van der Waals surface area contributed by atoms with Gasteiger partial charge in [-0.1, -0.05) is 47.7 Å². The van der Waals surface area contributed by atoms with E-state index in [1.54, 1.807) is 13.1 Å². The molecule has 0 amide bonds. The predicted octanol–water partition coefficient (Wildman–Crippen LogP) is 4.27. The highest BCUT2D eigenvalue weighted by Crippen LogP contribution is 2.23. The highest BCUT2D eigenvalue weighted by molar-refractivity contribution is 7.18. The van der Waals surface area contributed by atoms with E-state index in [1.807, 2.05) is 60.7 Å². The van der Waals surface area contributed by atoms with Gasteiger partial charge in [-0.05, 0) is 31.2 Å². The lowest BCUT2D eigenvalue weighted by molar-refractivity contribution is -0.134. The standard InChI is InChI=1S/C19H18N4O2S/c1-2-25-18(24)17(23-22-15-11-7-4-8-12-15)16-13-20-19(26-16)21-14-9-5-3-6-10-14/h3-13,22H,2H2,1H3,(H,20,21)/b23-17-. The SMILES string of the molecule is CCOC(=O)/C(=N\Nc1ccccc1)c1cnc(Nc2ccccc2)s1. The molecular weight excluding hydrogens is 348 g/mol. The van der Waals surface area contributed by atoms with Gasteiger partial charge < -0.3 is 10.1 Å². The fraction of sp³-hybridized carbons (Fsp3) is 0.105. The van der Waals surface area contributed by atoms with Gasteiger partial charge in [0, 0.05) is 5.69 Å². The molecule has 2 aromatic carbocycles. The van der Waals surface area contributed by atoms with Crippen molar-refractivity contribution in [3.8, 4) is 0 Å². The average molecular weight is 366 g/mol. The Morgan fingerprint density at radius 3 is 2.38 bits per heavy atom. The molecule has 0 bridgehead atoms. The summed E-state index contributed by atoms with van der Waals surface area (Å²) in [5, 5.41) is 8.11. The summed E-state index contributed by atoms with van der Waals surface area (Å²) in [6.45, 7) is 2.03. The first-order valence-corrected chi connectivity index (χ1v) is 8.92. The molecule has 1 aromatic heterocycles. The Hall–Kier alpha value is -3.19. The molecule has 0 aliphatic carbocycles. The van der Waals surface area contributed by atoms with Crippen LogP contribution >= 0.6 is 11.3 Å². The van der Waals surface area contributed by atoms with Gasteiger partial charge in [0.05, 0.1) is 23.4 Å². The molecule has 0 saturated heterocycles. The van der Waals surface area contributed by atoms with E-state index in [2.05, 4.69) is 20.8 Å². The number of hydrogen-bond acceptors (Lipinski definition) is 7. The van der Waals surface area contributed by atoms with E-state index < -0.39 is 5.97 Å². The van der Waals surface area contributed by atoms with Gasteiger partial charge in [0.2, 0.25) is 0 Å². The number of thiazole rings is 1. The normalized spacial score (nSPS) is 11.0. The number of para-hydroxylation sites is 2. The number of nitrogens with one attached hydrogen (secondary N) is 2. The van der Waals surface area contributed by atoms with Crippen molar-refractivity contribution < 1.29 is 9.53 Å². The molecular formula is C19H18N4O2S. The Kier molecular flexibility index (Phi) is 5.95. The van der Waals surface area contributed by atoms with Crippen LogP contribution in [-0.4, -0.2) is 23.3 Å².